The van der Waals surface area contributed by atoms with Crippen LogP contribution >= 0.6 is 0 Å². The predicted octanol–water partition coefficient (Wildman–Crippen LogP) is 3.20. The van der Waals surface area contributed by atoms with E-state index >= 15 is 0 Å². The molecule has 2 aliphatic rings. The summed E-state index contributed by atoms with van der Waals surface area (Å²) in [5.41, 5.74) is -0.855. The zero-order valence-electron chi connectivity index (χ0n) is 17.3. The molecule has 1 N–H and O–H groups in total. The molecule has 1 saturated heterocycles. The molecule has 2 atom stereocenters. The third-order valence-corrected chi connectivity index (χ3v) is 4.77. The third-order valence-electron chi connectivity index (χ3n) is 4.77. The first-order chi connectivity index (χ1) is 11.9. The zero-order chi connectivity index (χ0) is 19.5. The van der Waals surface area contributed by atoms with Crippen LogP contribution in [0.2, 0.25) is 0 Å². The quantitative estimate of drug-likeness (QED) is 0.755. The van der Waals surface area contributed by atoms with Crippen molar-refractivity contribution in [3.05, 3.63) is 0 Å². The molecule has 2 unspecified atom stereocenters. The van der Waals surface area contributed by atoms with Gasteiger partial charge in [0.25, 0.3) is 0 Å². The van der Waals surface area contributed by atoms with Gasteiger partial charge < -0.3 is 19.7 Å². The second-order valence-corrected chi connectivity index (χ2v) is 9.76. The number of piperidine rings is 1. The van der Waals surface area contributed by atoms with Crippen LogP contribution in [0.4, 0.5) is 4.79 Å². The second-order valence-electron chi connectivity index (χ2n) is 9.76. The Hall–Kier alpha value is -1.30. The molecule has 1 amide bonds. The number of esters is 1. The fraction of sp³-hybridized carbons (Fsp3) is 0.900. The number of ether oxygens (including phenoxy) is 2. The van der Waals surface area contributed by atoms with Crippen molar-refractivity contribution in [2.45, 2.75) is 72.0 Å². The molecular formula is C20H36N2O4. The zero-order valence-corrected chi connectivity index (χ0v) is 17.3. The molecule has 1 heterocycles. The summed E-state index contributed by atoms with van der Waals surface area (Å²) in [4.78, 5) is 26.3. The van der Waals surface area contributed by atoms with Crippen molar-refractivity contribution in [3.8, 4) is 0 Å². The van der Waals surface area contributed by atoms with Crippen LogP contribution in [0.1, 0.15) is 60.8 Å². The lowest BCUT2D eigenvalue weighted by molar-refractivity contribution is -0.156. The number of nitrogens with zero attached hydrogens (tertiary/aromatic N) is 1. The Morgan fingerprint density at radius 3 is 2.12 bits per heavy atom. The lowest BCUT2D eigenvalue weighted by atomic mass is 9.96. The minimum Gasteiger partial charge on any atom is -0.460 e. The van der Waals surface area contributed by atoms with E-state index < -0.39 is 11.2 Å². The number of hydrogen-bond acceptors (Lipinski definition) is 5. The number of carbonyl (C=O) groups is 2. The summed E-state index contributed by atoms with van der Waals surface area (Å²) in [6, 6.07) is 0. The minimum absolute atomic E-state index is 0.0426. The van der Waals surface area contributed by atoms with E-state index in [0.717, 1.165) is 38.9 Å². The van der Waals surface area contributed by atoms with E-state index in [9.17, 15) is 9.59 Å². The number of rotatable bonds is 5. The van der Waals surface area contributed by atoms with Crippen molar-refractivity contribution < 1.29 is 19.1 Å². The standard InChI is InChI=1S/C20H36N2O4/c1-19(2,3)25-17(23)16-11-15(16)13-22-9-7-14(8-10-22)12-21-18(24)26-20(4,5)6/h14-16H,7-13H2,1-6H3,(H,21,24). The van der Waals surface area contributed by atoms with Gasteiger partial charge in [-0.2, -0.15) is 0 Å². The van der Waals surface area contributed by atoms with Gasteiger partial charge in [-0.05, 0) is 85.7 Å². The van der Waals surface area contributed by atoms with Crippen molar-refractivity contribution >= 4 is 12.1 Å². The first-order valence-electron chi connectivity index (χ1n) is 9.85. The Morgan fingerprint density at radius 2 is 1.58 bits per heavy atom. The van der Waals surface area contributed by atoms with Gasteiger partial charge in [0.2, 0.25) is 0 Å². The summed E-state index contributed by atoms with van der Waals surface area (Å²) in [7, 11) is 0. The van der Waals surface area contributed by atoms with E-state index in [1.54, 1.807) is 0 Å². The highest BCUT2D eigenvalue weighted by Gasteiger charge is 2.46. The molecule has 0 aromatic rings. The molecule has 1 saturated carbocycles. The Kier molecular flexibility index (Phi) is 6.59. The molecular weight excluding hydrogens is 332 g/mol. The highest BCUT2D eigenvalue weighted by atomic mass is 16.6. The van der Waals surface area contributed by atoms with Crippen LogP contribution in [0.3, 0.4) is 0 Å². The monoisotopic (exact) mass is 368 g/mol. The van der Waals surface area contributed by atoms with E-state index in [4.69, 9.17) is 9.47 Å². The number of carbonyl (C=O) groups excluding carboxylic acids is 2. The normalized spacial score (nSPS) is 24.8. The van der Waals surface area contributed by atoms with Gasteiger partial charge in [-0.15, -0.1) is 0 Å². The first kappa shape index (κ1) is 21.0. The van der Waals surface area contributed by atoms with Crippen LogP contribution in [0, 0.1) is 17.8 Å². The summed E-state index contributed by atoms with van der Waals surface area (Å²) in [5.74, 6) is 0.987. The number of alkyl carbamates (subject to hydrolysis) is 1. The van der Waals surface area contributed by atoms with Crippen molar-refractivity contribution in [2.24, 2.45) is 17.8 Å². The Labute approximate surface area is 158 Å². The number of nitrogens with one attached hydrogen (secondary N) is 1. The Morgan fingerprint density at radius 1 is 1.00 bits per heavy atom. The van der Waals surface area contributed by atoms with E-state index in [2.05, 4.69) is 10.2 Å². The largest absolute Gasteiger partial charge is 0.460 e. The van der Waals surface area contributed by atoms with Gasteiger partial charge in [0.15, 0.2) is 0 Å². The minimum atomic E-state index is -0.456. The molecule has 150 valence electrons. The van der Waals surface area contributed by atoms with Crippen molar-refractivity contribution in [1.29, 1.82) is 0 Å². The van der Waals surface area contributed by atoms with Crippen molar-refractivity contribution in [2.75, 3.05) is 26.2 Å². The number of hydrogen-bond donors (Lipinski definition) is 1. The highest BCUT2D eigenvalue weighted by Crippen LogP contribution is 2.41. The van der Waals surface area contributed by atoms with Crippen LogP contribution in [0.25, 0.3) is 0 Å². The van der Waals surface area contributed by atoms with Gasteiger partial charge in [-0.1, -0.05) is 0 Å². The van der Waals surface area contributed by atoms with Crippen LogP contribution in [-0.4, -0.2) is 54.3 Å². The second kappa shape index (κ2) is 8.15. The molecule has 0 radical (unpaired) electrons. The lowest BCUT2D eigenvalue weighted by Gasteiger charge is -2.32. The summed E-state index contributed by atoms with van der Waals surface area (Å²) in [6.07, 6.45) is 2.76. The average Bonchev–Trinajstić information content (AvgIpc) is 3.22. The SMILES string of the molecule is CC(C)(C)OC(=O)NCC1CCN(CC2CC2C(=O)OC(C)(C)C)CC1. The van der Waals surface area contributed by atoms with Gasteiger partial charge in [-0.25, -0.2) is 4.79 Å². The molecule has 1 aliphatic heterocycles. The number of amides is 1. The molecule has 2 fully saturated rings. The van der Waals surface area contributed by atoms with Crippen LogP contribution < -0.4 is 5.32 Å². The van der Waals surface area contributed by atoms with Gasteiger partial charge in [0, 0.05) is 13.1 Å². The molecule has 6 nitrogen and oxygen atoms in total. The topological polar surface area (TPSA) is 67.9 Å². The van der Waals surface area contributed by atoms with Crippen LogP contribution in [0.15, 0.2) is 0 Å². The Balaban J connectivity index is 1.61. The summed E-state index contributed by atoms with van der Waals surface area (Å²) >= 11 is 0. The highest BCUT2D eigenvalue weighted by molar-refractivity contribution is 5.76. The summed E-state index contributed by atoms with van der Waals surface area (Å²) in [6.45, 7) is 15.1. The van der Waals surface area contributed by atoms with E-state index in [-0.39, 0.29) is 18.0 Å². The van der Waals surface area contributed by atoms with Crippen LogP contribution in [-0.2, 0) is 14.3 Å². The van der Waals surface area contributed by atoms with Crippen molar-refractivity contribution in [1.82, 2.24) is 10.2 Å². The molecule has 0 spiro atoms. The maximum Gasteiger partial charge on any atom is 0.407 e. The molecule has 6 heteroatoms. The van der Waals surface area contributed by atoms with Crippen LogP contribution in [0.5, 0.6) is 0 Å². The van der Waals surface area contributed by atoms with Crippen molar-refractivity contribution in [3.63, 3.8) is 0 Å². The molecule has 0 aromatic carbocycles. The smallest absolute Gasteiger partial charge is 0.407 e. The molecule has 0 aromatic heterocycles. The maximum absolute atomic E-state index is 12.1. The van der Waals surface area contributed by atoms with Gasteiger partial charge in [0.1, 0.15) is 11.2 Å². The van der Waals surface area contributed by atoms with E-state index in [1.165, 1.54) is 0 Å². The first-order valence-corrected chi connectivity index (χ1v) is 9.85. The summed E-state index contributed by atoms with van der Waals surface area (Å²) < 4.78 is 10.8. The van der Waals surface area contributed by atoms with E-state index in [0.29, 0.717) is 18.4 Å². The molecule has 1 aliphatic carbocycles. The maximum atomic E-state index is 12.1. The molecule has 26 heavy (non-hydrogen) atoms. The molecule has 2 rings (SSSR count). The molecule has 0 bridgehead atoms. The van der Waals surface area contributed by atoms with E-state index in [1.807, 2.05) is 41.5 Å². The lowest BCUT2D eigenvalue weighted by Crippen LogP contribution is -2.41. The average molecular weight is 369 g/mol. The summed E-state index contributed by atoms with van der Waals surface area (Å²) in [5, 5.41) is 2.88. The fourth-order valence-electron chi connectivity index (χ4n) is 3.36. The van der Waals surface area contributed by atoms with Gasteiger partial charge >= 0.3 is 12.1 Å². The number of likely N-dealkylation sites (tertiary alicyclic amines) is 1. The predicted molar refractivity (Wildman–Crippen MR) is 101 cm³/mol. The Bertz CT molecular complexity index is 499. The fourth-order valence-corrected chi connectivity index (χ4v) is 3.36. The van der Waals surface area contributed by atoms with Gasteiger partial charge in [-0.3, -0.25) is 4.79 Å². The van der Waals surface area contributed by atoms with Gasteiger partial charge in [0.05, 0.1) is 5.92 Å². The third kappa shape index (κ3) is 7.52.